The first-order valence-corrected chi connectivity index (χ1v) is 7.07. The Morgan fingerprint density at radius 1 is 1.35 bits per heavy atom. The zero-order valence-electron chi connectivity index (χ0n) is 12.7. The van der Waals surface area contributed by atoms with Crippen molar-refractivity contribution in [2.24, 2.45) is 5.73 Å². The summed E-state index contributed by atoms with van der Waals surface area (Å²) in [7, 11) is 1.66. The van der Waals surface area contributed by atoms with Crippen LogP contribution in [0, 0.1) is 0 Å². The molecule has 0 unspecified atom stereocenters. The normalized spacial score (nSPS) is 22.9. The number of carbonyl (C=O) groups excluding carboxylic acids is 1. The van der Waals surface area contributed by atoms with Gasteiger partial charge in [-0.15, -0.1) is 0 Å². The van der Waals surface area contributed by atoms with E-state index in [1.54, 1.807) is 21.0 Å². The van der Waals surface area contributed by atoms with Crippen LogP contribution in [-0.2, 0) is 4.79 Å². The number of benzene rings is 1. The zero-order chi connectivity index (χ0) is 14.9. The summed E-state index contributed by atoms with van der Waals surface area (Å²) in [5, 5.41) is 0. The van der Waals surface area contributed by atoms with Crippen molar-refractivity contribution in [3.05, 3.63) is 29.8 Å². The third-order valence-electron chi connectivity index (χ3n) is 3.97. The molecule has 2 N–H and O–H groups in total. The SMILES string of the molecule is COc1ccc([C@@H]2C[C@H](C)N(C(=O)C(C)(C)N)C2)cc1. The van der Waals surface area contributed by atoms with Crippen LogP contribution in [0.4, 0.5) is 0 Å². The predicted octanol–water partition coefficient (Wildman–Crippen LogP) is 2.14. The maximum absolute atomic E-state index is 12.3. The average molecular weight is 276 g/mol. The molecule has 1 heterocycles. The van der Waals surface area contributed by atoms with Crippen LogP contribution in [0.3, 0.4) is 0 Å². The lowest BCUT2D eigenvalue weighted by Gasteiger charge is -2.29. The van der Waals surface area contributed by atoms with Crippen molar-refractivity contribution >= 4 is 5.91 Å². The fourth-order valence-corrected chi connectivity index (χ4v) is 2.80. The van der Waals surface area contributed by atoms with E-state index in [1.165, 1.54) is 5.56 Å². The molecule has 110 valence electrons. The van der Waals surface area contributed by atoms with Crippen LogP contribution in [0.2, 0.25) is 0 Å². The first kappa shape index (κ1) is 14.9. The second-order valence-corrected chi connectivity index (χ2v) is 6.23. The van der Waals surface area contributed by atoms with Crippen molar-refractivity contribution in [3.63, 3.8) is 0 Å². The number of hydrogen-bond donors (Lipinski definition) is 1. The molecule has 1 fully saturated rings. The molecule has 2 rings (SSSR count). The first-order valence-electron chi connectivity index (χ1n) is 7.07. The number of hydrogen-bond acceptors (Lipinski definition) is 3. The maximum atomic E-state index is 12.3. The van der Waals surface area contributed by atoms with E-state index in [1.807, 2.05) is 17.0 Å². The first-order chi connectivity index (χ1) is 9.32. The van der Waals surface area contributed by atoms with Crippen molar-refractivity contribution in [2.75, 3.05) is 13.7 Å². The topological polar surface area (TPSA) is 55.6 Å². The molecule has 0 saturated carbocycles. The second kappa shape index (κ2) is 5.44. The van der Waals surface area contributed by atoms with Gasteiger partial charge in [0.25, 0.3) is 0 Å². The van der Waals surface area contributed by atoms with Crippen LogP contribution in [0.5, 0.6) is 5.75 Å². The van der Waals surface area contributed by atoms with Gasteiger partial charge in [0.2, 0.25) is 5.91 Å². The Hall–Kier alpha value is -1.55. The van der Waals surface area contributed by atoms with Crippen LogP contribution in [-0.4, -0.2) is 36.0 Å². The highest BCUT2D eigenvalue weighted by Crippen LogP contribution is 2.33. The van der Waals surface area contributed by atoms with E-state index in [-0.39, 0.29) is 11.9 Å². The Bertz CT molecular complexity index is 476. The van der Waals surface area contributed by atoms with Gasteiger partial charge < -0.3 is 15.4 Å². The van der Waals surface area contributed by atoms with Gasteiger partial charge in [-0.2, -0.15) is 0 Å². The van der Waals surface area contributed by atoms with Gasteiger partial charge in [0.05, 0.1) is 12.6 Å². The Balaban J connectivity index is 2.11. The molecule has 2 atom stereocenters. The third kappa shape index (κ3) is 2.96. The van der Waals surface area contributed by atoms with Gasteiger partial charge in [0.1, 0.15) is 5.75 Å². The van der Waals surface area contributed by atoms with Gasteiger partial charge in [0, 0.05) is 18.5 Å². The molecule has 0 aliphatic carbocycles. The molecule has 4 heteroatoms. The molecule has 0 spiro atoms. The molecule has 0 bridgehead atoms. The molecule has 1 amide bonds. The van der Waals surface area contributed by atoms with E-state index in [9.17, 15) is 4.79 Å². The van der Waals surface area contributed by atoms with E-state index >= 15 is 0 Å². The number of carbonyl (C=O) groups is 1. The summed E-state index contributed by atoms with van der Waals surface area (Å²) >= 11 is 0. The molecule has 20 heavy (non-hydrogen) atoms. The zero-order valence-corrected chi connectivity index (χ0v) is 12.7. The summed E-state index contributed by atoms with van der Waals surface area (Å²) in [6.45, 7) is 6.37. The number of likely N-dealkylation sites (tertiary alicyclic amines) is 1. The lowest BCUT2D eigenvalue weighted by atomic mass is 9.97. The lowest BCUT2D eigenvalue weighted by Crippen LogP contribution is -2.52. The molecule has 1 saturated heterocycles. The van der Waals surface area contributed by atoms with Gasteiger partial charge >= 0.3 is 0 Å². The van der Waals surface area contributed by atoms with E-state index < -0.39 is 5.54 Å². The number of rotatable bonds is 3. The van der Waals surface area contributed by atoms with Crippen LogP contribution < -0.4 is 10.5 Å². The highest BCUT2D eigenvalue weighted by molar-refractivity contribution is 5.85. The Labute approximate surface area is 120 Å². The molecular formula is C16H24N2O2. The fraction of sp³-hybridized carbons (Fsp3) is 0.562. The molecular weight excluding hydrogens is 252 g/mol. The van der Waals surface area contributed by atoms with Crippen molar-refractivity contribution < 1.29 is 9.53 Å². The summed E-state index contributed by atoms with van der Waals surface area (Å²) in [5.41, 5.74) is 6.39. The maximum Gasteiger partial charge on any atom is 0.242 e. The van der Waals surface area contributed by atoms with Gasteiger partial charge in [-0.05, 0) is 44.9 Å². The second-order valence-electron chi connectivity index (χ2n) is 6.23. The number of nitrogens with two attached hydrogens (primary N) is 1. The molecule has 1 aromatic rings. The minimum Gasteiger partial charge on any atom is -0.497 e. The Morgan fingerprint density at radius 2 is 1.95 bits per heavy atom. The van der Waals surface area contributed by atoms with Gasteiger partial charge in [-0.3, -0.25) is 4.79 Å². The largest absolute Gasteiger partial charge is 0.497 e. The Kier molecular flexibility index (Phi) is 4.04. The average Bonchev–Trinajstić information content (AvgIpc) is 2.79. The van der Waals surface area contributed by atoms with Crippen molar-refractivity contribution in [2.45, 2.75) is 44.7 Å². The standard InChI is InChI=1S/C16H24N2O2/c1-11-9-13(10-18(11)15(19)16(2,3)17)12-5-7-14(20-4)8-6-12/h5-8,11,13H,9-10,17H2,1-4H3/t11-,13+/m0/s1. The summed E-state index contributed by atoms with van der Waals surface area (Å²) in [6.07, 6.45) is 0.980. The van der Waals surface area contributed by atoms with E-state index in [4.69, 9.17) is 10.5 Å². The lowest BCUT2D eigenvalue weighted by molar-refractivity contribution is -0.136. The van der Waals surface area contributed by atoms with Crippen molar-refractivity contribution in [1.82, 2.24) is 4.90 Å². The number of methoxy groups -OCH3 is 1. The number of nitrogens with zero attached hydrogens (tertiary/aromatic N) is 1. The molecule has 0 radical (unpaired) electrons. The smallest absolute Gasteiger partial charge is 0.242 e. The number of ether oxygens (including phenoxy) is 1. The van der Waals surface area contributed by atoms with Crippen LogP contribution >= 0.6 is 0 Å². The molecule has 4 nitrogen and oxygen atoms in total. The van der Waals surface area contributed by atoms with E-state index in [0.29, 0.717) is 5.92 Å². The summed E-state index contributed by atoms with van der Waals surface area (Å²) in [5.74, 6) is 1.26. The highest BCUT2D eigenvalue weighted by Gasteiger charge is 2.37. The van der Waals surface area contributed by atoms with E-state index in [2.05, 4.69) is 19.1 Å². The van der Waals surface area contributed by atoms with Crippen LogP contribution in [0.25, 0.3) is 0 Å². The molecule has 1 aliphatic heterocycles. The minimum atomic E-state index is -0.803. The Morgan fingerprint density at radius 3 is 2.45 bits per heavy atom. The van der Waals surface area contributed by atoms with Crippen LogP contribution in [0.1, 0.15) is 38.7 Å². The summed E-state index contributed by atoms with van der Waals surface area (Å²) < 4.78 is 5.18. The molecule has 0 aromatic heterocycles. The van der Waals surface area contributed by atoms with Crippen LogP contribution in [0.15, 0.2) is 24.3 Å². The molecule has 1 aliphatic rings. The highest BCUT2D eigenvalue weighted by atomic mass is 16.5. The number of amides is 1. The summed E-state index contributed by atoms with van der Waals surface area (Å²) in [4.78, 5) is 14.2. The quantitative estimate of drug-likeness (QED) is 0.920. The van der Waals surface area contributed by atoms with Gasteiger partial charge in [0.15, 0.2) is 0 Å². The van der Waals surface area contributed by atoms with Gasteiger partial charge in [-0.1, -0.05) is 12.1 Å². The minimum absolute atomic E-state index is 0.0287. The monoisotopic (exact) mass is 276 g/mol. The van der Waals surface area contributed by atoms with Crippen molar-refractivity contribution in [1.29, 1.82) is 0 Å². The fourth-order valence-electron chi connectivity index (χ4n) is 2.80. The molecule has 1 aromatic carbocycles. The van der Waals surface area contributed by atoms with Gasteiger partial charge in [-0.25, -0.2) is 0 Å². The predicted molar refractivity (Wildman–Crippen MR) is 79.8 cm³/mol. The van der Waals surface area contributed by atoms with E-state index in [0.717, 1.165) is 18.7 Å². The third-order valence-corrected chi connectivity index (χ3v) is 3.97. The van der Waals surface area contributed by atoms with Crippen molar-refractivity contribution in [3.8, 4) is 5.75 Å². The summed E-state index contributed by atoms with van der Waals surface area (Å²) in [6, 6.07) is 8.34.